The van der Waals surface area contributed by atoms with Crippen LogP contribution in [0.25, 0.3) is 11.1 Å². The fraction of sp³-hybridized carbons (Fsp3) is 0.385. The van der Waals surface area contributed by atoms with Crippen molar-refractivity contribution in [1.29, 1.82) is 0 Å². The van der Waals surface area contributed by atoms with Crippen LogP contribution in [0.3, 0.4) is 0 Å². The summed E-state index contributed by atoms with van der Waals surface area (Å²) in [5.74, 6) is 1.08. The number of carbonyl (C=O) groups excluding carboxylic acids is 2. The van der Waals surface area contributed by atoms with Gasteiger partial charge >= 0.3 is 0 Å². The van der Waals surface area contributed by atoms with Gasteiger partial charge in [-0.2, -0.15) is 9.97 Å². The zero-order chi connectivity index (χ0) is 27.9. The molecule has 10 nitrogen and oxygen atoms in total. The standard InChI is InChI=1S/C16H17ClN4O.C10H12BrClN4O/c17-16-19-10-13(11-4-2-1-3-5-11)15(20-16)21-8-6-12(7-9-21)14(18)22;11-7-5-14-10(12)15-9(7)16-3-1-6(2-4-16)8(13)17/h1-5,10,12H,6-9H2,(H2,18,22);5-6H,1-4H2,(H2,13,17). The topological polar surface area (TPSA) is 144 Å². The van der Waals surface area contributed by atoms with Gasteiger partial charge in [0, 0.05) is 56.0 Å². The van der Waals surface area contributed by atoms with Crippen molar-refractivity contribution in [3.05, 3.63) is 57.8 Å². The number of aromatic nitrogens is 4. The summed E-state index contributed by atoms with van der Waals surface area (Å²) in [6.07, 6.45) is 6.37. The van der Waals surface area contributed by atoms with Crippen LogP contribution in [-0.2, 0) is 9.59 Å². The van der Waals surface area contributed by atoms with Crippen LogP contribution in [0.15, 0.2) is 47.2 Å². The number of nitrogens with two attached hydrogens (primary N) is 2. The van der Waals surface area contributed by atoms with Gasteiger partial charge in [0.1, 0.15) is 11.6 Å². The molecule has 4 heterocycles. The smallest absolute Gasteiger partial charge is 0.224 e. The lowest BCUT2D eigenvalue weighted by Gasteiger charge is -2.32. The van der Waals surface area contributed by atoms with Gasteiger partial charge in [0.2, 0.25) is 22.4 Å². The van der Waals surface area contributed by atoms with Crippen molar-refractivity contribution in [2.45, 2.75) is 25.7 Å². The van der Waals surface area contributed by atoms with Crippen molar-refractivity contribution in [2.24, 2.45) is 23.3 Å². The van der Waals surface area contributed by atoms with E-state index < -0.39 is 0 Å². The van der Waals surface area contributed by atoms with E-state index in [9.17, 15) is 9.59 Å². The molecule has 0 bridgehead atoms. The number of halogens is 3. The van der Waals surface area contributed by atoms with Crippen LogP contribution < -0.4 is 21.3 Å². The molecule has 1 aromatic carbocycles. The summed E-state index contributed by atoms with van der Waals surface area (Å²) >= 11 is 15.1. The first kappa shape index (κ1) is 29.0. The van der Waals surface area contributed by atoms with E-state index in [4.69, 9.17) is 34.7 Å². The third kappa shape index (κ3) is 7.55. The normalized spacial score (nSPS) is 16.4. The van der Waals surface area contributed by atoms with Gasteiger partial charge in [-0.1, -0.05) is 30.3 Å². The number of rotatable bonds is 5. The molecule has 4 N–H and O–H groups in total. The molecular formula is C26H29BrCl2N8O2. The summed E-state index contributed by atoms with van der Waals surface area (Å²) in [6.45, 7) is 2.97. The van der Waals surface area contributed by atoms with Crippen molar-refractivity contribution in [3.8, 4) is 11.1 Å². The first-order chi connectivity index (χ1) is 18.7. The van der Waals surface area contributed by atoms with Crippen LogP contribution in [0.1, 0.15) is 25.7 Å². The number of primary amides is 2. The highest BCUT2D eigenvalue weighted by molar-refractivity contribution is 9.10. The third-order valence-electron chi connectivity index (χ3n) is 6.91. The molecule has 2 amide bonds. The first-order valence-electron chi connectivity index (χ1n) is 12.6. The molecule has 206 valence electrons. The molecule has 13 heteroatoms. The SMILES string of the molecule is NC(=O)C1CCN(c2nc(Cl)ncc2-c2ccccc2)CC1.NC(=O)C1CCN(c2nc(Cl)ncc2Br)CC1. The maximum atomic E-state index is 11.3. The molecule has 0 spiro atoms. The second kappa shape index (κ2) is 13.4. The van der Waals surface area contributed by atoms with Crippen LogP contribution in [0.5, 0.6) is 0 Å². The van der Waals surface area contributed by atoms with Gasteiger partial charge in [-0.05, 0) is 70.4 Å². The summed E-state index contributed by atoms with van der Waals surface area (Å²) in [6, 6.07) is 9.97. The maximum Gasteiger partial charge on any atom is 0.224 e. The molecular weight excluding hydrogens is 607 g/mol. The predicted molar refractivity (Wildman–Crippen MR) is 155 cm³/mol. The fourth-order valence-corrected chi connectivity index (χ4v) is 5.42. The van der Waals surface area contributed by atoms with Crippen molar-refractivity contribution in [2.75, 3.05) is 36.0 Å². The van der Waals surface area contributed by atoms with E-state index in [0.29, 0.717) is 0 Å². The molecule has 2 aromatic heterocycles. The quantitative estimate of drug-likeness (QED) is 0.399. The molecule has 2 aliphatic rings. The summed E-state index contributed by atoms with van der Waals surface area (Å²) < 4.78 is 0.805. The van der Waals surface area contributed by atoms with Crippen LogP contribution in [0.4, 0.5) is 11.6 Å². The number of piperidine rings is 2. The number of nitrogens with zero attached hydrogens (tertiary/aromatic N) is 6. The maximum absolute atomic E-state index is 11.3. The Bertz CT molecular complexity index is 1300. The van der Waals surface area contributed by atoms with Crippen molar-refractivity contribution in [1.82, 2.24) is 19.9 Å². The highest BCUT2D eigenvalue weighted by Crippen LogP contribution is 2.32. The first-order valence-corrected chi connectivity index (χ1v) is 14.1. The monoisotopic (exact) mass is 634 g/mol. The summed E-state index contributed by atoms with van der Waals surface area (Å²) in [5.41, 5.74) is 12.7. The van der Waals surface area contributed by atoms with Gasteiger partial charge in [-0.25, -0.2) is 9.97 Å². The molecule has 0 aliphatic carbocycles. The second-order valence-corrected chi connectivity index (χ2v) is 10.9. The minimum Gasteiger partial charge on any atom is -0.369 e. The molecule has 0 radical (unpaired) electrons. The third-order valence-corrected chi connectivity index (χ3v) is 7.84. The van der Waals surface area contributed by atoms with E-state index in [1.54, 1.807) is 12.4 Å². The lowest BCUT2D eigenvalue weighted by molar-refractivity contribution is -0.123. The molecule has 0 unspecified atom stereocenters. The van der Waals surface area contributed by atoms with E-state index >= 15 is 0 Å². The molecule has 2 fully saturated rings. The lowest BCUT2D eigenvalue weighted by Crippen LogP contribution is -2.39. The van der Waals surface area contributed by atoms with Gasteiger partial charge in [-0.3, -0.25) is 9.59 Å². The molecule has 3 aromatic rings. The van der Waals surface area contributed by atoms with Gasteiger partial charge in [0.15, 0.2) is 0 Å². The largest absolute Gasteiger partial charge is 0.369 e. The highest BCUT2D eigenvalue weighted by Gasteiger charge is 2.26. The van der Waals surface area contributed by atoms with Crippen LogP contribution in [-0.4, -0.2) is 57.9 Å². The average Bonchev–Trinajstić information content (AvgIpc) is 2.95. The summed E-state index contributed by atoms with van der Waals surface area (Å²) in [4.78, 5) is 43.2. The average molecular weight is 636 g/mol. The number of anilines is 2. The Morgan fingerprint density at radius 3 is 1.74 bits per heavy atom. The zero-order valence-corrected chi connectivity index (χ0v) is 24.2. The number of hydrogen-bond acceptors (Lipinski definition) is 8. The Hall–Kier alpha value is -3.02. The van der Waals surface area contributed by atoms with E-state index in [2.05, 4.69) is 45.7 Å². The minimum atomic E-state index is -0.219. The molecule has 2 aliphatic heterocycles. The molecule has 0 saturated carbocycles. The number of benzene rings is 1. The Balaban J connectivity index is 0.000000187. The minimum absolute atomic E-state index is 0.0256. The van der Waals surface area contributed by atoms with Gasteiger partial charge in [0.25, 0.3) is 0 Å². The molecule has 0 atom stereocenters. The Kier molecular flexibility index (Phi) is 9.93. The van der Waals surface area contributed by atoms with Crippen LogP contribution in [0, 0.1) is 11.8 Å². The summed E-state index contributed by atoms with van der Waals surface area (Å²) in [7, 11) is 0. The Morgan fingerprint density at radius 1 is 0.769 bits per heavy atom. The van der Waals surface area contributed by atoms with Gasteiger partial charge in [-0.15, -0.1) is 0 Å². The second-order valence-electron chi connectivity index (χ2n) is 9.38. The van der Waals surface area contributed by atoms with Crippen molar-refractivity contribution >= 4 is 62.6 Å². The van der Waals surface area contributed by atoms with Crippen molar-refractivity contribution in [3.63, 3.8) is 0 Å². The van der Waals surface area contributed by atoms with Crippen molar-refractivity contribution < 1.29 is 9.59 Å². The van der Waals surface area contributed by atoms with Gasteiger partial charge < -0.3 is 21.3 Å². The summed E-state index contributed by atoms with van der Waals surface area (Å²) in [5, 5.41) is 0.451. The predicted octanol–water partition coefficient (Wildman–Crippen LogP) is 4.09. The highest BCUT2D eigenvalue weighted by atomic mass is 79.9. The lowest BCUT2D eigenvalue weighted by atomic mass is 9.96. The number of carbonyl (C=O) groups is 2. The zero-order valence-electron chi connectivity index (χ0n) is 21.1. The molecule has 5 rings (SSSR count). The van der Waals surface area contributed by atoms with Gasteiger partial charge in [0.05, 0.1) is 4.47 Å². The van der Waals surface area contributed by atoms with Crippen LogP contribution >= 0.6 is 39.1 Å². The molecule has 2 saturated heterocycles. The van der Waals surface area contributed by atoms with Crippen LogP contribution in [0.2, 0.25) is 10.6 Å². The van der Waals surface area contributed by atoms with E-state index in [-0.39, 0.29) is 34.2 Å². The van der Waals surface area contributed by atoms with E-state index in [0.717, 1.165) is 79.1 Å². The van der Waals surface area contributed by atoms with E-state index in [1.807, 2.05) is 30.3 Å². The Labute approximate surface area is 245 Å². The Morgan fingerprint density at radius 2 is 1.23 bits per heavy atom. The van der Waals surface area contributed by atoms with E-state index in [1.165, 1.54) is 0 Å². The fourth-order valence-electron chi connectivity index (χ4n) is 4.73. The molecule has 39 heavy (non-hydrogen) atoms. The number of amides is 2. The number of hydrogen-bond donors (Lipinski definition) is 2.